The van der Waals surface area contributed by atoms with Crippen LogP contribution in [-0.4, -0.2) is 27.4 Å². The zero-order valence-corrected chi connectivity index (χ0v) is 9.75. The molecule has 1 aromatic rings. The Bertz CT molecular complexity index is 570. The van der Waals surface area contributed by atoms with Gasteiger partial charge in [-0.15, -0.1) is 0 Å². The molecule has 4 heteroatoms. The summed E-state index contributed by atoms with van der Waals surface area (Å²) in [6, 6.07) is 7.94. The van der Waals surface area contributed by atoms with Gasteiger partial charge in [-0.25, -0.2) is 10.0 Å². The molecular weight excluding hydrogens is 214 g/mol. The molecule has 0 aliphatic carbocycles. The normalized spacial score (nSPS) is 25.9. The molecule has 3 rings (SSSR count). The first kappa shape index (κ1) is 10.2. The summed E-state index contributed by atoms with van der Waals surface area (Å²) < 4.78 is 0. The van der Waals surface area contributed by atoms with E-state index < -0.39 is 5.72 Å². The summed E-state index contributed by atoms with van der Waals surface area (Å²) >= 11 is 0. The first-order valence-corrected chi connectivity index (χ1v) is 5.53. The number of aliphatic hydroxyl groups is 1. The molecule has 2 heterocycles. The highest BCUT2D eigenvalue weighted by Crippen LogP contribution is 2.26. The van der Waals surface area contributed by atoms with E-state index in [4.69, 9.17) is 0 Å². The molecule has 0 radical (unpaired) electrons. The molecule has 0 bridgehead atoms. The molecule has 1 aromatic carbocycles. The maximum Gasteiger partial charge on any atom is 0.196 e. The lowest BCUT2D eigenvalue weighted by Gasteiger charge is -2.32. The summed E-state index contributed by atoms with van der Waals surface area (Å²) in [7, 11) is 0. The fourth-order valence-corrected chi connectivity index (χ4v) is 1.93. The van der Waals surface area contributed by atoms with E-state index in [0.29, 0.717) is 11.5 Å². The van der Waals surface area contributed by atoms with Crippen LogP contribution in [0, 0.1) is 0 Å². The predicted molar refractivity (Wildman–Crippen MR) is 67.6 cm³/mol. The summed E-state index contributed by atoms with van der Waals surface area (Å²) in [6.07, 6.45) is 3.85. The third-order valence-electron chi connectivity index (χ3n) is 3.08. The van der Waals surface area contributed by atoms with Gasteiger partial charge in [-0.05, 0) is 25.5 Å². The van der Waals surface area contributed by atoms with Gasteiger partial charge in [0.25, 0.3) is 0 Å². The van der Waals surface area contributed by atoms with E-state index in [1.165, 1.54) is 0 Å². The highest BCUT2D eigenvalue weighted by atomic mass is 16.3. The summed E-state index contributed by atoms with van der Waals surface area (Å²) in [6.45, 7) is 3.42. The number of hydrogen-bond acceptors (Lipinski definition) is 4. The Morgan fingerprint density at radius 1 is 1.29 bits per heavy atom. The van der Waals surface area contributed by atoms with Crippen molar-refractivity contribution in [3.8, 4) is 0 Å². The minimum atomic E-state index is -1.22. The summed E-state index contributed by atoms with van der Waals surface area (Å²) in [5.41, 5.74) is 1.45. The van der Waals surface area contributed by atoms with E-state index in [9.17, 15) is 5.11 Å². The standard InChI is InChI=1S/C13H13N3O/c1-9-13(2,17)14-12-11-6-4-3-5-10(11)7-8-16(12)15-9/h3-8,17H,1-2H3. The monoisotopic (exact) mass is 227 g/mol. The SMILES string of the molecule is CC1=NN2C=Cc3ccccc3C2=NC1(C)O. The number of fused-ring (bicyclic) bond motifs is 3. The molecule has 0 fully saturated rings. The van der Waals surface area contributed by atoms with Crippen LogP contribution in [0.15, 0.2) is 40.6 Å². The molecule has 2 aliphatic rings. The van der Waals surface area contributed by atoms with Crippen LogP contribution in [0.3, 0.4) is 0 Å². The molecule has 0 spiro atoms. The van der Waals surface area contributed by atoms with Gasteiger partial charge in [-0.2, -0.15) is 5.10 Å². The van der Waals surface area contributed by atoms with Gasteiger partial charge in [-0.1, -0.05) is 24.3 Å². The smallest absolute Gasteiger partial charge is 0.196 e. The predicted octanol–water partition coefficient (Wildman–Crippen LogP) is 1.82. The lowest BCUT2D eigenvalue weighted by atomic mass is 10.0. The number of benzene rings is 1. The van der Waals surface area contributed by atoms with Crippen molar-refractivity contribution >= 4 is 17.6 Å². The Hall–Kier alpha value is -1.94. The Balaban J connectivity index is 2.19. The lowest BCUT2D eigenvalue weighted by molar-refractivity contribution is 0.135. The topological polar surface area (TPSA) is 48.2 Å². The van der Waals surface area contributed by atoms with E-state index in [1.807, 2.05) is 36.5 Å². The van der Waals surface area contributed by atoms with E-state index in [-0.39, 0.29) is 0 Å². The van der Waals surface area contributed by atoms with Gasteiger partial charge < -0.3 is 5.11 Å². The first-order valence-electron chi connectivity index (χ1n) is 5.53. The van der Waals surface area contributed by atoms with Gasteiger partial charge in [0.05, 0.1) is 5.71 Å². The Kier molecular flexibility index (Phi) is 1.97. The Labute approximate surface area is 99.6 Å². The van der Waals surface area contributed by atoms with Gasteiger partial charge in [0.15, 0.2) is 11.6 Å². The Morgan fingerprint density at radius 2 is 2.06 bits per heavy atom. The molecule has 0 saturated carbocycles. The largest absolute Gasteiger partial charge is 0.365 e. The zero-order chi connectivity index (χ0) is 12.0. The second kappa shape index (κ2) is 3.28. The Morgan fingerprint density at radius 3 is 2.88 bits per heavy atom. The number of rotatable bonds is 0. The van der Waals surface area contributed by atoms with Crippen LogP contribution in [0.4, 0.5) is 0 Å². The van der Waals surface area contributed by atoms with Gasteiger partial charge in [-0.3, -0.25) is 0 Å². The molecule has 86 valence electrons. The minimum absolute atomic E-state index is 0.588. The van der Waals surface area contributed by atoms with Crippen LogP contribution in [0.2, 0.25) is 0 Å². The summed E-state index contributed by atoms with van der Waals surface area (Å²) in [5.74, 6) is 0.693. The zero-order valence-electron chi connectivity index (χ0n) is 9.75. The fourth-order valence-electron chi connectivity index (χ4n) is 1.93. The van der Waals surface area contributed by atoms with Gasteiger partial charge in [0, 0.05) is 11.8 Å². The quantitative estimate of drug-likeness (QED) is 0.735. The van der Waals surface area contributed by atoms with E-state index >= 15 is 0 Å². The van der Waals surface area contributed by atoms with Crippen molar-refractivity contribution in [2.24, 2.45) is 10.1 Å². The van der Waals surface area contributed by atoms with Crippen LogP contribution in [-0.2, 0) is 0 Å². The molecule has 1 N–H and O–H groups in total. The highest BCUT2D eigenvalue weighted by Gasteiger charge is 2.32. The molecule has 4 nitrogen and oxygen atoms in total. The highest BCUT2D eigenvalue weighted by molar-refractivity contribution is 6.08. The van der Waals surface area contributed by atoms with Crippen LogP contribution < -0.4 is 0 Å². The molecule has 0 saturated heterocycles. The van der Waals surface area contributed by atoms with Gasteiger partial charge >= 0.3 is 0 Å². The molecule has 0 amide bonds. The number of aliphatic imine (C=N–C) groups is 1. The number of amidine groups is 1. The molecule has 1 unspecified atom stereocenters. The third-order valence-corrected chi connectivity index (χ3v) is 3.08. The average molecular weight is 227 g/mol. The molecule has 2 aliphatic heterocycles. The van der Waals surface area contributed by atoms with Crippen LogP contribution >= 0.6 is 0 Å². The molecular formula is C13H13N3O. The second-order valence-electron chi connectivity index (χ2n) is 4.39. The fraction of sp³-hybridized carbons (Fsp3) is 0.231. The summed E-state index contributed by atoms with van der Waals surface area (Å²) in [5, 5.41) is 16.2. The molecule has 1 atom stereocenters. The van der Waals surface area contributed by atoms with Crippen molar-refractivity contribution in [3.63, 3.8) is 0 Å². The van der Waals surface area contributed by atoms with Crippen molar-refractivity contribution in [2.45, 2.75) is 19.6 Å². The minimum Gasteiger partial charge on any atom is -0.365 e. The number of hydrogen-bond donors (Lipinski definition) is 1. The van der Waals surface area contributed by atoms with Gasteiger partial charge in [0.1, 0.15) is 0 Å². The second-order valence-corrected chi connectivity index (χ2v) is 4.39. The van der Waals surface area contributed by atoms with Crippen molar-refractivity contribution in [2.75, 3.05) is 0 Å². The van der Waals surface area contributed by atoms with Crippen molar-refractivity contribution < 1.29 is 5.11 Å². The van der Waals surface area contributed by atoms with Crippen LogP contribution in [0.1, 0.15) is 25.0 Å². The van der Waals surface area contributed by atoms with Crippen LogP contribution in [0.5, 0.6) is 0 Å². The summed E-state index contributed by atoms with van der Waals surface area (Å²) in [4.78, 5) is 4.37. The number of nitrogens with zero attached hydrogens (tertiary/aromatic N) is 3. The van der Waals surface area contributed by atoms with Crippen molar-refractivity contribution in [3.05, 3.63) is 41.6 Å². The van der Waals surface area contributed by atoms with E-state index in [2.05, 4.69) is 10.1 Å². The van der Waals surface area contributed by atoms with E-state index in [0.717, 1.165) is 11.1 Å². The third kappa shape index (κ3) is 1.49. The average Bonchev–Trinajstić information content (AvgIpc) is 2.31. The lowest BCUT2D eigenvalue weighted by Crippen LogP contribution is -2.42. The van der Waals surface area contributed by atoms with Crippen molar-refractivity contribution in [1.82, 2.24) is 5.01 Å². The molecule has 17 heavy (non-hydrogen) atoms. The van der Waals surface area contributed by atoms with Gasteiger partial charge in [0.2, 0.25) is 0 Å². The number of hydrazone groups is 1. The first-order chi connectivity index (χ1) is 8.08. The van der Waals surface area contributed by atoms with E-state index in [1.54, 1.807) is 18.9 Å². The van der Waals surface area contributed by atoms with Crippen molar-refractivity contribution in [1.29, 1.82) is 0 Å². The molecule has 0 aromatic heterocycles. The maximum atomic E-state index is 10.1. The van der Waals surface area contributed by atoms with Crippen LogP contribution in [0.25, 0.3) is 6.08 Å². The maximum absolute atomic E-state index is 10.1.